The molecule has 1 atom stereocenters. The Kier molecular flexibility index (Phi) is 6.96. The predicted molar refractivity (Wildman–Crippen MR) is 125 cm³/mol. The third-order valence-corrected chi connectivity index (χ3v) is 6.75. The van der Waals surface area contributed by atoms with Crippen molar-refractivity contribution in [2.75, 3.05) is 5.32 Å². The summed E-state index contributed by atoms with van der Waals surface area (Å²) in [7, 11) is 1.76. The number of aromatic nitrogens is 2. The molecule has 0 saturated heterocycles. The molecule has 0 bridgehead atoms. The molecular formula is C25H35N3O4. The molecule has 7 nitrogen and oxygen atoms in total. The van der Waals surface area contributed by atoms with Crippen molar-refractivity contribution in [1.82, 2.24) is 9.36 Å². The Morgan fingerprint density at radius 2 is 1.69 bits per heavy atom. The number of nitrogens with one attached hydrogen (secondary N) is 1. The van der Waals surface area contributed by atoms with Crippen molar-refractivity contribution in [2.24, 2.45) is 24.3 Å². The summed E-state index contributed by atoms with van der Waals surface area (Å²) in [5.41, 5.74) is 1.42. The van der Waals surface area contributed by atoms with E-state index in [0.717, 1.165) is 25.7 Å². The summed E-state index contributed by atoms with van der Waals surface area (Å²) in [6.45, 7) is 10.0. The average molecular weight is 442 g/mol. The number of benzene rings is 1. The molecule has 0 spiro atoms. The Hall–Kier alpha value is -2.83. The molecule has 1 amide bonds. The molecule has 32 heavy (non-hydrogen) atoms. The molecule has 3 rings (SSSR count). The van der Waals surface area contributed by atoms with Gasteiger partial charge in [-0.05, 0) is 63.0 Å². The van der Waals surface area contributed by atoms with E-state index < -0.39 is 12.0 Å². The Bertz CT molecular complexity index is 1020. The van der Waals surface area contributed by atoms with Crippen LogP contribution in [-0.4, -0.2) is 27.3 Å². The summed E-state index contributed by atoms with van der Waals surface area (Å²) in [4.78, 5) is 38.3. The summed E-state index contributed by atoms with van der Waals surface area (Å²) in [6.07, 6.45) is 2.58. The van der Waals surface area contributed by atoms with Gasteiger partial charge in [0.05, 0.1) is 17.3 Å². The predicted octanol–water partition coefficient (Wildman–Crippen LogP) is 4.21. The highest BCUT2D eigenvalue weighted by Gasteiger charge is 2.34. The first-order valence-corrected chi connectivity index (χ1v) is 11.4. The zero-order valence-electron chi connectivity index (χ0n) is 20.0. The standard InChI is InChI=1S/C25H35N3O4/c1-16-21(23(30)28(27(16)6)20-10-8-7-9-11-20)26-22(29)17(2)32-24(31)18-12-14-19(15-13-18)25(3,4)5/h7-11,17-19H,12-15H2,1-6H3,(H,26,29). The molecular weight excluding hydrogens is 406 g/mol. The molecule has 1 aliphatic rings. The SMILES string of the molecule is Cc1c(NC(=O)C(C)OC(=O)C2CCC(C(C)(C)C)CC2)c(=O)n(-c2ccccc2)n1C. The highest BCUT2D eigenvalue weighted by atomic mass is 16.5. The van der Waals surface area contributed by atoms with Crippen LogP contribution in [0.15, 0.2) is 35.1 Å². The molecule has 1 heterocycles. The van der Waals surface area contributed by atoms with Gasteiger partial charge >= 0.3 is 5.97 Å². The van der Waals surface area contributed by atoms with Crippen molar-refractivity contribution in [2.45, 2.75) is 66.4 Å². The zero-order chi connectivity index (χ0) is 23.6. The lowest BCUT2D eigenvalue weighted by Crippen LogP contribution is -2.35. The molecule has 7 heteroatoms. The van der Waals surface area contributed by atoms with E-state index in [2.05, 4.69) is 26.1 Å². The van der Waals surface area contributed by atoms with E-state index in [1.165, 1.54) is 4.68 Å². The maximum absolute atomic E-state index is 13.0. The number of carbonyl (C=O) groups excluding carboxylic acids is 2. The van der Waals surface area contributed by atoms with Gasteiger partial charge in [-0.25, -0.2) is 4.68 Å². The van der Waals surface area contributed by atoms with Gasteiger partial charge in [-0.3, -0.25) is 19.1 Å². The fourth-order valence-electron chi connectivity index (χ4n) is 4.46. The second-order valence-corrected chi connectivity index (χ2v) is 9.92. The van der Waals surface area contributed by atoms with E-state index in [0.29, 0.717) is 17.3 Å². The Morgan fingerprint density at radius 1 is 1.09 bits per heavy atom. The van der Waals surface area contributed by atoms with Crippen LogP contribution in [-0.2, 0) is 21.4 Å². The number of hydrogen-bond acceptors (Lipinski definition) is 4. The molecule has 1 N–H and O–H groups in total. The summed E-state index contributed by atoms with van der Waals surface area (Å²) in [6, 6.07) is 9.22. The molecule has 1 aliphatic carbocycles. The number of esters is 1. The van der Waals surface area contributed by atoms with Gasteiger partial charge in [-0.1, -0.05) is 39.0 Å². The van der Waals surface area contributed by atoms with Gasteiger partial charge in [0.25, 0.3) is 11.5 Å². The number of rotatable bonds is 5. The Labute approximate surface area is 189 Å². The van der Waals surface area contributed by atoms with Gasteiger partial charge in [-0.2, -0.15) is 0 Å². The van der Waals surface area contributed by atoms with E-state index >= 15 is 0 Å². The molecule has 0 aliphatic heterocycles. The number of nitrogens with zero attached hydrogens (tertiary/aromatic N) is 2. The number of ether oxygens (including phenoxy) is 1. The number of para-hydroxylation sites is 1. The maximum atomic E-state index is 13.0. The van der Waals surface area contributed by atoms with Crippen LogP contribution in [0, 0.1) is 24.2 Å². The van der Waals surface area contributed by atoms with Gasteiger partial charge in [0.15, 0.2) is 6.10 Å². The fourth-order valence-corrected chi connectivity index (χ4v) is 4.46. The molecule has 1 unspecified atom stereocenters. The number of hydrogen-bond donors (Lipinski definition) is 1. The molecule has 1 fully saturated rings. The Morgan fingerprint density at radius 3 is 2.25 bits per heavy atom. The van der Waals surface area contributed by atoms with Crippen molar-refractivity contribution in [3.63, 3.8) is 0 Å². The monoisotopic (exact) mass is 441 g/mol. The van der Waals surface area contributed by atoms with Gasteiger partial charge < -0.3 is 10.1 Å². The second kappa shape index (κ2) is 9.35. The summed E-state index contributed by atoms with van der Waals surface area (Å²) >= 11 is 0. The minimum atomic E-state index is -0.980. The van der Waals surface area contributed by atoms with Crippen LogP contribution in [0.2, 0.25) is 0 Å². The van der Waals surface area contributed by atoms with Crippen LogP contribution in [0.1, 0.15) is 59.1 Å². The van der Waals surface area contributed by atoms with Crippen LogP contribution in [0.25, 0.3) is 5.69 Å². The highest BCUT2D eigenvalue weighted by Crippen LogP contribution is 2.40. The van der Waals surface area contributed by atoms with E-state index in [9.17, 15) is 14.4 Å². The van der Waals surface area contributed by atoms with E-state index in [1.807, 2.05) is 30.3 Å². The van der Waals surface area contributed by atoms with Crippen molar-refractivity contribution >= 4 is 17.6 Å². The number of carbonyl (C=O) groups is 2. The number of amides is 1. The quantitative estimate of drug-likeness (QED) is 0.705. The minimum absolute atomic E-state index is 0.169. The lowest BCUT2D eigenvalue weighted by Gasteiger charge is -2.36. The zero-order valence-corrected chi connectivity index (χ0v) is 20.0. The third kappa shape index (κ3) is 4.97. The number of anilines is 1. The summed E-state index contributed by atoms with van der Waals surface area (Å²) in [5, 5.41) is 2.67. The van der Waals surface area contributed by atoms with E-state index in [4.69, 9.17) is 4.74 Å². The molecule has 0 radical (unpaired) electrons. The van der Waals surface area contributed by atoms with Crippen LogP contribution >= 0.6 is 0 Å². The Balaban J connectivity index is 1.64. The molecule has 1 saturated carbocycles. The van der Waals surface area contributed by atoms with Gasteiger partial charge in [0.1, 0.15) is 5.69 Å². The first kappa shape index (κ1) is 23.8. The normalized spacial score (nSPS) is 19.9. The van der Waals surface area contributed by atoms with Crippen LogP contribution in [0.4, 0.5) is 5.69 Å². The van der Waals surface area contributed by atoms with Crippen molar-refractivity contribution in [3.05, 3.63) is 46.4 Å². The second-order valence-electron chi connectivity index (χ2n) is 9.92. The van der Waals surface area contributed by atoms with Gasteiger partial charge in [-0.15, -0.1) is 0 Å². The van der Waals surface area contributed by atoms with Crippen LogP contribution in [0.5, 0.6) is 0 Å². The first-order chi connectivity index (χ1) is 15.0. The summed E-state index contributed by atoms with van der Waals surface area (Å²) < 4.78 is 8.67. The van der Waals surface area contributed by atoms with Gasteiger partial charge in [0.2, 0.25) is 0 Å². The maximum Gasteiger partial charge on any atom is 0.309 e. The lowest BCUT2D eigenvalue weighted by atomic mass is 9.70. The first-order valence-electron chi connectivity index (χ1n) is 11.4. The van der Waals surface area contributed by atoms with Crippen molar-refractivity contribution in [3.8, 4) is 5.69 Å². The largest absolute Gasteiger partial charge is 0.452 e. The van der Waals surface area contributed by atoms with E-state index in [-0.39, 0.29) is 28.5 Å². The highest BCUT2D eigenvalue weighted by molar-refractivity contribution is 5.95. The molecule has 1 aromatic carbocycles. The van der Waals surface area contributed by atoms with E-state index in [1.54, 1.807) is 25.6 Å². The van der Waals surface area contributed by atoms with Gasteiger partial charge in [0, 0.05) is 7.05 Å². The lowest BCUT2D eigenvalue weighted by molar-refractivity contribution is -0.158. The molecule has 174 valence electrons. The van der Waals surface area contributed by atoms with Crippen LogP contribution < -0.4 is 10.9 Å². The fraction of sp³-hybridized carbons (Fsp3) is 0.560. The third-order valence-electron chi connectivity index (χ3n) is 6.75. The summed E-state index contributed by atoms with van der Waals surface area (Å²) in [5.74, 6) is -0.406. The molecule has 2 aromatic rings. The van der Waals surface area contributed by atoms with Crippen molar-refractivity contribution in [1.29, 1.82) is 0 Å². The minimum Gasteiger partial charge on any atom is -0.452 e. The van der Waals surface area contributed by atoms with Crippen molar-refractivity contribution < 1.29 is 14.3 Å². The topological polar surface area (TPSA) is 82.3 Å². The smallest absolute Gasteiger partial charge is 0.309 e. The van der Waals surface area contributed by atoms with Crippen LogP contribution in [0.3, 0.4) is 0 Å². The molecule has 1 aromatic heterocycles. The average Bonchev–Trinajstić information content (AvgIpc) is 2.96.